The maximum absolute atomic E-state index is 12.0. The molecule has 122 valence electrons. The molecular weight excluding hydrogens is 326 g/mol. The van der Waals surface area contributed by atoms with Crippen molar-refractivity contribution in [2.75, 3.05) is 26.2 Å². The normalized spacial score (nSPS) is 16.8. The van der Waals surface area contributed by atoms with Crippen LogP contribution in [0.4, 0.5) is 0 Å². The lowest BCUT2D eigenvalue weighted by Crippen LogP contribution is -2.50. The standard InChI is InChI=1S/C14H20ClN3O3S/c1-10(11-8-16-9-11)14(19)17-5-6-18-22(20,21)13-4-2-3-12(15)7-13/h2-4,7,10-11,16,18H,5-6,8-9H2,1H3,(H,17,19). The van der Waals surface area contributed by atoms with E-state index in [0.29, 0.717) is 10.9 Å². The lowest BCUT2D eigenvalue weighted by atomic mass is 9.88. The van der Waals surface area contributed by atoms with Gasteiger partial charge in [0.25, 0.3) is 0 Å². The summed E-state index contributed by atoms with van der Waals surface area (Å²) < 4.78 is 26.5. The Hall–Kier alpha value is -1.15. The summed E-state index contributed by atoms with van der Waals surface area (Å²) in [6, 6.07) is 6.04. The molecule has 0 radical (unpaired) electrons. The third-order valence-corrected chi connectivity index (χ3v) is 5.45. The van der Waals surface area contributed by atoms with E-state index < -0.39 is 10.0 Å². The molecule has 3 N–H and O–H groups in total. The van der Waals surface area contributed by atoms with Crippen LogP contribution in [0.5, 0.6) is 0 Å². The van der Waals surface area contributed by atoms with E-state index in [9.17, 15) is 13.2 Å². The molecule has 2 rings (SSSR count). The van der Waals surface area contributed by atoms with Crippen molar-refractivity contribution in [3.05, 3.63) is 29.3 Å². The number of benzene rings is 1. The lowest BCUT2D eigenvalue weighted by Gasteiger charge is -2.31. The SMILES string of the molecule is CC(C(=O)NCCNS(=O)(=O)c1cccc(Cl)c1)C1CNC1. The summed E-state index contributed by atoms with van der Waals surface area (Å²) in [5, 5.41) is 6.23. The molecule has 1 aliphatic heterocycles. The first-order chi connectivity index (χ1) is 10.4. The summed E-state index contributed by atoms with van der Waals surface area (Å²) >= 11 is 5.78. The van der Waals surface area contributed by atoms with Crippen LogP contribution in [0.15, 0.2) is 29.2 Å². The van der Waals surface area contributed by atoms with Crippen LogP contribution < -0.4 is 15.4 Å². The molecule has 1 aliphatic rings. The van der Waals surface area contributed by atoms with Crippen LogP contribution in [-0.4, -0.2) is 40.5 Å². The minimum atomic E-state index is -3.61. The number of carbonyl (C=O) groups excluding carboxylic acids is 1. The second kappa shape index (κ2) is 7.41. The van der Waals surface area contributed by atoms with E-state index in [1.165, 1.54) is 12.1 Å². The van der Waals surface area contributed by atoms with Crippen LogP contribution in [0.2, 0.25) is 5.02 Å². The Morgan fingerprint density at radius 1 is 1.41 bits per heavy atom. The predicted molar refractivity (Wildman–Crippen MR) is 85.2 cm³/mol. The number of rotatable bonds is 7. The van der Waals surface area contributed by atoms with Crippen molar-refractivity contribution >= 4 is 27.5 Å². The number of hydrogen-bond donors (Lipinski definition) is 3. The van der Waals surface area contributed by atoms with Crippen molar-refractivity contribution in [1.29, 1.82) is 0 Å². The molecule has 1 fully saturated rings. The highest BCUT2D eigenvalue weighted by Gasteiger charge is 2.28. The molecule has 0 aromatic heterocycles. The van der Waals surface area contributed by atoms with Crippen molar-refractivity contribution in [3.63, 3.8) is 0 Å². The van der Waals surface area contributed by atoms with Crippen LogP contribution in [0.3, 0.4) is 0 Å². The third kappa shape index (κ3) is 4.42. The molecule has 1 aromatic carbocycles. The third-order valence-electron chi connectivity index (χ3n) is 3.76. The Morgan fingerprint density at radius 2 is 2.14 bits per heavy atom. The van der Waals surface area contributed by atoms with E-state index in [1.54, 1.807) is 12.1 Å². The first-order valence-corrected chi connectivity index (χ1v) is 9.00. The van der Waals surface area contributed by atoms with Crippen molar-refractivity contribution in [2.24, 2.45) is 11.8 Å². The number of nitrogens with one attached hydrogen (secondary N) is 3. The Balaban J connectivity index is 1.77. The fourth-order valence-electron chi connectivity index (χ4n) is 2.13. The average molecular weight is 346 g/mol. The Labute approximate surface area is 135 Å². The van der Waals surface area contributed by atoms with Gasteiger partial charge in [0, 0.05) is 24.0 Å². The van der Waals surface area contributed by atoms with Gasteiger partial charge in [-0.3, -0.25) is 4.79 Å². The van der Waals surface area contributed by atoms with Crippen LogP contribution in [-0.2, 0) is 14.8 Å². The second-order valence-corrected chi connectivity index (χ2v) is 7.56. The van der Waals surface area contributed by atoms with E-state index >= 15 is 0 Å². The maximum atomic E-state index is 12.0. The topological polar surface area (TPSA) is 87.3 Å². The molecule has 1 atom stereocenters. The molecule has 1 saturated heterocycles. The minimum absolute atomic E-state index is 0.0477. The van der Waals surface area contributed by atoms with Gasteiger partial charge in [-0.1, -0.05) is 24.6 Å². The van der Waals surface area contributed by atoms with Gasteiger partial charge >= 0.3 is 0 Å². The molecule has 0 spiro atoms. The van der Waals surface area contributed by atoms with E-state index in [-0.39, 0.29) is 29.8 Å². The van der Waals surface area contributed by atoms with Gasteiger partial charge in [-0.05, 0) is 37.2 Å². The molecule has 0 aliphatic carbocycles. The molecule has 8 heteroatoms. The van der Waals surface area contributed by atoms with Gasteiger partial charge in [0.15, 0.2) is 0 Å². The molecule has 1 unspecified atom stereocenters. The summed E-state index contributed by atoms with van der Waals surface area (Å²) in [5.74, 6) is 0.252. The molecule has 1 amide bonds. The average Bonchev–Trinajstić information content (AvgIpc) is 2.41. The molecule has 0 saturated carbocycles. The predicted octanol–water partition coefficient (Wildman–Crippen LogP) is 0.590. The smallest absolute Gasteiger partial charge is 0.240 e. The summed E-state index contributed by atoms with van der Waals surface area (Å²) in [6.45, 7) is 3.99. The summed E-state index contributed by atoms with van der Waals surface area (Å²) in [4.78, 5) is 12.0. The Kier molecular flexibility index (Phi) is 5.80. The van der Waals surface area contributed by atoms with E-state index in [2.05, 4.69) is 15.4 Å². The summed E-state index contributed by atoms with van der Waals surface area (Å²) in [7, 11) is -3.61. The number of amides is 1. The number of halogens is 1. The van der Waals surface area contributed by atoms with Crippen LogP contribution in [0.1, 0.15) is 6.92 Å². The van der Waals surface area contributed by atoms with E-state index in [0.717, 1.165) is 13.1 Å². The van der Waals surface area contributed by atoms with Gasteiger partial charge in [0.1, 0.15) is 0 Å². The molecule has 1 heterocycles. The molecule has 1 aromatic rings. The van der Waals surface area contributed by atoms with Gasteiger partial charge in [-0.25, -0.2) is 13.1 Å². The van der Waals surface area contributed by atoms with Gasteiger partial charge in [-0.2, -0.15) is 0 Å². The second-order valence-electron chi connectivity index (χ2n) is 5.35. The number of sulfonamides is 1. The quantitative estimate of drug-likeness (QED) is 0.631. The Bertz CT molecular complexity index is 632. The monoisotopic (exact) mass is 345 g/mol. The lowest BCUT2D eigenvalue weighted by molar-refractivity contribution is -0.126. The maximum Gasteiger partial charge on any atom is 0.240 e. The zero-order chi connectivity index (χ0) is 16.2. The first kappa shape index (κ1) is 17.2. The fourth-order valence-corrected chi connectivity index (χ4v) is 3.46. The zero-order valence-corrected chi connectivity index (χ0v) is 13.9. The number of hydrogen-bond acceptors (Lipinski definition) is 4. The van der Waals surface area contributed by atoms with E-state index in [4.69, 9.17) is 11.6 Å². The minimum Gasteiger partial charge on any atom is -0.355 e. The first-order valence-electron chi connectivity index (χ1n) is 7.14. The fraction of sp³-hybridized carbons (Fsp3) is 0.500. The highest BCUT2D eigenvalue weighted by atomic mass is 35.5. The molecule has 22 heavy (non-hydrogen) atoms. The molecule has 0 bridgehead atoms. The molecule has 6 nitrogen and oxygen atoms in total. The van der Waals surface area contributed by atoms with Crippen molar-refractivity contribution in [3.8, 4) is 0 Å². The highest BCUT2D eigenvalue weighted by molar-refractivity contribution is 7.89. The van der Waals surface area contributed by atoms with Crippen LogP contribution in [0.25, 0.3) is 0 Å². The van der Waals surface area contributed by atoms with Gasteiger partial charge in [0.2, 0.25) is 15.9 Å². The van der Waals surface area contributed by atoms with Crippen molar-refractivity contribution in [2.45, 2.75) is 11.8 Å². The zero-order valence-electron chi connectivity index (χ0n) is 12.3. The van der Waals surface area contributed by atoms with Gasteiger partial charge in [-0.15, -0.1) is 0 Å². The highest BCUT2D eigenvalue weighted by Crippen LogP contribution is 2.16. The summed E-state index contributed by atoms with van der Waals surface area (Å²) in [6.07, 6.45) is 0. The van der Waals surface area contributed by atoms with Crippen molar-refractivity contribution < 1.29 is 13.2 Å². The van der Waals surface area contributed by atoms with E-state index in [1.807, 2.05) is 6.92 Å². The van der Waals surface area contributed by atoms with Gasteiger partial charge in [0.05, 0.1) is 4.90 Å². The van der Waals surface area contributed by atoms with Crippen LogP contribution >= 0.6 is 11.6 Å². The van der Waals surface area contributed by atoms with Crippen LogP contribution in [0, 0.1) is 11.8 Å². The number of carbonyl (C=O) groups is 1. The Morgan fingerprint density at radius 3 is 2.73 bits per heavy atom. The van der Waals surface area contributed by atoms with Gasteiger partial charge < -0.3 is 10.6 Å². The summed E-state index contributed by atoms with van der Waals surface area (Å²) in [5.41, 5.74) is 0. The largest absolute Gasteiger partial charge is 0.355 e. The van der Waals surface area contributed by atoms with Crippen molar-refractivity contribution in [1.82, 2.24) is 15.4 Å². The molecular formula is C14H20ClN3O3S.